The molecule has 2 atom stereocenters. The molecule has 0 saturated carbocycles. The van der Waals surface area contributed by atoms with E-state index in [1.165, 1.54) is 6.07 Å². The van der Waals surface area contributed by atoms with Gasteiger partial charge in [-0.25, -0.2) is 13.2 Å². The fourth-order valence-electron chi connectivity index (χ4n) is 3.40. The Labute approximate surface area is 145 Å². The lowest BCUT2D eigenvalue weighted by atomic mass is 10.1. The summed E-state index contributed by atoms with van der Waals surface area (Å²) in [5, 5.41) is 12.3. The second-order valence-corrected chi connectivity index (χ2v) is 8.47. The van der Waals surface area contributed by atoms with Crippen LogP contribution in [0.5, 0.6) is 5.75 Å². The molecule has 2 fully saturated rings. The van der Waals surface area contributed by atoms with Crippen LogP contribution in [0.4, 0.5) is 0 Å². The molecule has 0 aliphatic carbocycles. The molecular weight excluding hydrogens is 348 g/mol. The third kappa shape index (κ3) is 3.62. The van der Waals surface area contributed by atoms with E-state index in [4.69, 9.17) is 9.84 Å². The molecule has 0 aromatic heterocycles. The molecule has 1 aromatic carbocycles. The number of rotatable bonds is 4. The lowest BCUT2D eigenvalue weighted by Gasteiger charge is -2.37. The number of sulfone groups is 1. The maximum atomic E-state index is 12.5. The first-order valence-corrected chi connectivity index (χ1v) is 9.79. The third-order valence-corrected chi connectivity index (χ3v) is 6.38. The fourth-order valence-corrected chi connectivity index (χ4v) is 5.36. The van der Waals surface area contributed by atoms with Crippen molar-refractivity contribution in [3.05, 3.63) is 29.3 Å². The third-order valence-electron chi connectivity index (χ3n) is 4.67. The van der Waals surface area contributed by atoms with E-state index in [0.29, 0.717) is 24.4 Å². The highest BCUT2D eigenvalue weighted by molar-refractivity contribution is 7.91. The number of ether oxygens (including phenoxy) is 1. The Morgan fingerprint density at radius 2 is 2.12 bits per heavy atom. The van der Waals surface area contributed by atoms with Crippen LogP contribution >= 0.6 is 0 Å². The summed E-state index contributed by atoms with van der Waals surface area (Å²) in [5.41, 5.74) is 0.568. The Bertz CT molecular complexity index is 807. The summed E-state index contributed by atoms with van der Waals surface area (Å²) in [5.74, 6) is -1.02. The van der Waals surface area contributed by atoms with Crippen LogP contribution in [0.25, 0.3) is 0 Å². The number of hydrogen-bond donors (Lipinski definition) is 2. The SMILES string of the molecule is Cc1c(OCC(=O)N2CCN[C@H]3CS(=O)(=O)C[C@H]32)cccc1C(=O)O. The highest BCUT2D eigenvalue weighted by atomic mass is 32.2. The maximum absolute atomic E-state index is 12.5. The van der Waals surface area contributed by atoms with Gasteiger partial charge in [-0.3, -0.25) is 4.79 Å². The van der Waals surface area contributed by atoms with Gasteiger partial charge in [0.15, 0.2) is 16.4 Å². The Balaban J connectivity index is 1.69. The van der Waals surface area contributed by atoms with Crippen molar-refractivity contribution in [2.45, 2.75) is 19.0 Å². The van der Waals surface area contributed by atoms with Crippen molar-refractivity contribution in [1.29, 1.82) is 0 Å². The van der Waals surface area contributed by atoms with Crippen LogP contribution in [-0.4, -0.2) is 73.6 Å². The normalized spacial score (nSPS) is 24.6. The van der Waals surface area contributed by atoms with Crippen molar-refractivity contribution < 1.29 is 27.9 Å². The van der Waals surface area contributed by atoms with Crippen LogP contribution in [0.3, 0.4) is 0 Å². The van der Waals surface area contributed by atoms with E-state index >= 15 is 0 Å². The summed E-state index contributed by atoms with van der Waals surface area (Å²) in [6.07, 6.45) is 0. The molecule has 8 nitrogen and oxygen atoms in total. The van der Waals surface area contributed by atoms with Gasteiger partial charge in [-0.1, -0.05) is 6.07 Å². The Kier molecular flexibility index (Phi) is 4.70. The second kappa shape index (κ2) is 6.64. The van der Waals surface area contributed by atoms with Crippen LogP contribution in [-0.2, 0) is 14.6 Å². The number of piperazine rings is 1. The van der Waals surface area contributed by atoms with Crippen LogP contribution in [0.15, 0.2) is 18.2 Å². The fraction of sp³-hybridized carbons (Fsp3) is 0.500. The summed E-state index contributed by atoms with van der Waals surface area (Å²) < 4.78 is 29.2. The highest BCUT2D eigenvalue weighted by Crippen LogP contribution is 2.23. The number of nitrogens with one attached hydrogen (secondary N) is 1. The van der Waals surface area contributed by atoms with Crippen molar-refractivity contribution >= 4 is 21.7 Å². The lowest BCUT2D eigenvalue weighted by Crippen LogP contribution is -2.59. The van der Waals surface area contributed by atoms with Crippen LogP contribution < -0.4 is 10.1 Å². The maximum Gasteiger partial charge on any atom is 0.336 e. The van der Waals surface area contributed by atoms with Gasteiger partial charge in [-0.2, -0.15) is 0 Å². The minimum absolute atomic E-state index is 0.0378. The average Bonchev–Trinajstić information content (AvgIpc) is 2.86. The van der Waals surface area contributed by atoms with E-state index in [2.05, 4.69) is 5.32 Å². The quantitative estimate of drug-likeness (QED) is 0.748. The summed E-state index contributed by atoms with van der Waals surface area (Å²) in [6, 6.07) is 4.02. The number of hydrogen-bond acceptors (Lipinski definition) is 6. The number of aromatic carboxylic acids is 1. The summed E-state index contributed by atoms with van der Waals surface area (Å²) in [6.45, 7) is 2.32. The van der Waals surface area contributed by atoms with Gasteiger partial charge < -0.3 is 20.1 Å². The number of carbonyl (C=O) groups excluding carboxylic acids is 1. The van der Waals surface area contributed by atoms with Crippen molar-refractivity contribution in [1.82, 2.24) is 10.2 Å². The van der Waals surface area contributed by atoms with E-state index in [-0.39, 0.29) is 41.7 Å². The molecule has 2 aliphatic heterocycles. The van der Waals surface area contributed by atoms with Crippen LogP contribution in [0.2, 0.25) is 0 Å². The largest absolute Gasteiger partial charge is 0.483 e. The number of fused-ring (bicyclic) bond motifs is 1. The lowest BCUT2D eigenvalue weighted by molar-refractivity contribution is -0.136. The van der Waals surface area contributed by atoms with Gasteiger partial charge >= 0.3 is 5.97 Å². The first-order valence-electron chi connectivity index (χ1n) is 7.97. The summed E-state index contributed by atoms with van der Waals surface area (Å²) in [7, 11) is -3.15. The summed E-state index contributed by atoms with van der Waals surface area (Å²) >= 11 is 0. The molecule has 9 heteroatoms. The van der Waals surface area contributed by atoms with Gasteiger partial charge in [0, 0.05) is 24.7 Å². The zero-order valence-corrected chi connectivity index (χ0v) is 14.6. The van der Waals surface area contributed by atoms with E-state index in [1.807, 2.05) is 0 Å². The van der Waals surface area contributed by atoms with Gasteiger partial charge in [-0.15, -0.1) is 0 Å². The molecule has 0 bridgehead atoms. The van der Waals surface area contributed by atoms with Crippen molar-refractivity contribution in [2.75, 3.05) is 31.2 Å². The molecule has 2 saturated heterocycles. The molecule has 0 radical (unpaired) electrons. The smallest absolute Gasteiger partial charge is 0.336 e. The number of carboxylic acids is 1. The minimum Gasteiger partial charge on any atom is -0.483 e. The van der Waals surface area contributed by atoms with Gasteiger partial charge in [0.1, 0.15) is 5.75 Å². The zero-order chi connectivity index (χ0) is 18.2. The Hall–Kier alpha value is -2.13. The molecular formula is C16H20N2O6S. The first-order chi connectivity index (χ1) is 11.8. The first kappa shape index (κ1) is 17.7. The number of carboxylic acid groups (broad SMARTS) is 1. The van der Waals surface area contributed by atoms with E-state index in [1.54, 1.807) is 24.0 Å². The number of benzene rings is 1. The van der Waals surface area contributed by atoms with Crippen molar-refractivity contribution in [2.24, 2.45) is 0 Å². The van der Waals surface area contributed by atoms with Gasteiger partial charge in [0.25, 0.3) is 5.91 Å². The number of amides is 1. The second-order valence-electron chi connectivity index (χ2n) is 6.31. The van der Waals surface area contributed by atoms with Crippen molar-refractivity contribution in [3.8, 4) is 5.75 Å². The van der Waals surface area contributed by atoms with Crippen LogP contribution in [0.1, 0.15) is 15.9 Å². The predicted molar refractivity (Wildman–Crippen MR) is 89.6 cm³/mol. The van der Waals surface area contributed by atoms with E-state index in [0.717, 1.165) is 0 Å². The number of carbonyl (C=O) groups is 2. The standard InChI is InChI=1S/C16H20N2O6S/c1-10-11(16(20)21)3-2-4-14(10)24-7-15(19)18-6-5-17-12-8-25(22,23)9-13(12)18/h2-4,12-13,17H,5-9H2,1H3,(H,20,21)/t12-,13+/m0/s1. The predicted octanol–water partition coefficient (Wildman–Crippen LogP) is -0.331. The van der Waals surface area contributed by atoms with Gasteiger partial charge in [-0.05, 0) is 19.1 Å². The van der Waals surface area contributed by atoms with E-state index in [9.17, 15) is 18.0 Å². The number of nitrogens with zero attached hydrogens (tertiary/aromatic N) is 1. The molecule has 1 aromatic rings. The molecule has 0 spiro atoms. The summed E-state index contributed by atoms with van der Waals surface area (Å²) in [4.78, 5) is 25.2. The van der Waals surface area contributed by atoms with Gasteiger partial charge in [0.2, 0.25) is 0 Å². The molecule has 136 valence electrons. The molecule has 2 N–H and O–H groups in total. The van der Waals surface area contributed by atoms with Gasteiger partial charge in [0.05, 0.1) is 23.1 Å². The Morgan fingerprint density at radius 3 is 2.84 bits per heavy atom. The van der Waals surface area contributed by atoms with Crippen molar-refractivity contribution in [3.63, 3.8) is 0 Å². The molecule has 25 heavy (non-hydrogen) atoms. The zero-order valence-electron chi connectivity index (χ0n) is 13.8. The minimum atomic E-state index is -3.15. The Morgan fingerprint density at radius 1 is 1.36 bits per heavy atom. The average molecular weight is 368 g/mol. The molecule has 0 unspecified atom stereocenters. The topological polar surface area (TPSA) is 113 Å². The molecule has 2 aliphatic rings. The van der Waals surface area contributed by atoms with E-state index < -0.39 is 15.8 Å². The molecule has 1 amide bonds. The monoisotopic (exact) mass is 368 g/mol. The highest BCUT2D eigenvalue weighted by Gasteiger charge is 2.44. The molecule has 3 rings (SSSR count). The molecule has 2 heterocycles. The van der Waals surface area contributed by atoms with Crippen LogP contribution in [0, 0.1) is 6.92 Å².